The van der Waals surface area contributed by atoms with Crippen molar-refractivity contribution < 1.29 is 4.39 Å². The molecule has 1 nitrogen and oxygen atoms in total. The van der Waals surface area contributed by atoms with Gasteiger partial charge in [-0.3, -0.25) is 0 Å². The lowest BCUT2D eigenvalue weighted by atomic mass is 9.86. The molecule has 0 saturated heterocycles. The molecule has 0 amide bonds. The van der Waals surface area contributed by atoms with Gasteiger partial charge in [0.1, 0.15) is 5.83 Å². The van der Waals surface area contributed by atoms with Crippen molar-refractivity contribution in [2.75, 3.05) is 13.1 Å². The molecule has 2 atom stereocenters. The van der Waals surface area contributed by atoms with Gasteiger partial charge in [-0.2, -0.15) is 0 Å². The molecule has 0 spiro atoms. The lowest BCUT2D eigenvalue weighted by Gasteiger charge is -2.32. The van der Waals surface area contributed by atoms with Crippen molar-refractivity contribution in [3.63, 3.8) is 0 Å². The lowest BCUT2D eigenvalue weighted by Crippen LogP contribution is -2.29. The van der Waals surface area contributed by atoms with E-state index in [-0.39, 0.29) is 11.7 Å². The Morgan fingerprint density at radius 2 is 1.74 bits per heavy atom. The summed E-state index contributed by atoms with van der Waals surface area (Å²) < 4.78 is 16.0. The molecule has 3 rings (SSSR count). The van der Waals surface area contributed by atoms with Crippen LogP contribution in [0.2, 0.25) is 0 Å². The molecule has 2 aliphatic rings. The topological polar surface area (TPSA) is 3.24 Å². The zero-order chi connectivity index (χ0) is 25.4. The van der Waals surface area contributed by atoms with Crippen molar-refractivity contribution in [3.05, 3.63) is 125 Å². The van der Waals surface area contributed by atoms with Gasteiger partial charge in [-0.1, -0.05) is 91.6 Å². The molecule has 0 heterocycles. The molecule has 35 heavy (non-hydrogen) atoms. The lowest BCUT2D eigenvalue weighted by molar-refractivity contribution is 0.324. The monoisotopic (exact) mass is 469 g/mol. The van der Waals surface area contributed by atoms with E-state index >= 15 is 4.39 Å². The number of hydrogen-bond acceptors (Lipinski definition) is 1. The highest BCUT2D eigenvalue weighted by molar-refractivity contribution is 5.74. The average molecular weight is 470 g/mol. The number of likely N-dealkylation sites (N-methyl/N-ethyl adjacent to an activating group) is 1. The Labute approximate surface area is 212 Å². The van der Waals surface area contributed by atoms with Gasteiger partial charge in [-0.25, -0.2) is 4.39 Å². The van der Waals surface area contributed by atoms with Crippen LogP contribution >= 0.6 is 0 Å². The second-order valence-electron chi connectivity index (χ2n) is 9.62. The van der Waals surface area contributed by atoms with Crippen molar-refractivity contribution >= 4 is 5.57 Å². The number of halogens is 1. The van der Waals surface area contributed by atoms with Crippen molar-refractivity contribution in [2.24, 2.45) is 11.8 Å². The van der Waals surface area contributed by atoms with Gasteiger partial charge in [-0.05, 0) is 75.5 Å². The van der Waals surface area contributed by atoms with Crippen LogP contribution in [0, 0.1) is 11.8 Å². The zero-order valence-electron chi connectivity index (χ0n) is 21.9. The Balaban J connectivity index is 1.82. The summed E-state index contributed by atoms with van der Waals surface area (Å²) in [6.45, 7) is 18.2. The van der Waals surface area contributed by atoms with Crippen LogP contribution in [0.1, 0.15) is 52.5 Å². The molecule has 2 heteroatoms. The summed E-state index contributed by atoms with van der Waals surface area (Å²) in [6, 6.07) is 10.4. The molecular weight excluding hydrogens is 429 g/mol. The molecule has 0 bridgehead atoms. The Morgan fingerprint density at radius 1 is 1.06 bits per heavy atom. The van der Waals surface area contributed by atoms with E-state index in [1.165, 1.54) is 16.7 Å². The Morgan fingerprint density at radius 3 is 2.31 bits per heavy atom. The fourth-order valence-corrected chi connectivity index (χ4v) is 4.60. The maximum Gasteiger partial charge on any atom is 0.135 e. The smallest absolute Gasteiger partial charge is 0.135 e. The van der Waals surface area contributed by atoms with Gasteiger partial charge in [0.15, 0.2) is 0 Å². The molecule has 0 saturated carbocycles. The summed E-state index contributed by atoms with van der Waals surface area (Å²) in [6.07, 6.45) is 17.8. The van der Waals surface area contributed by atoms with E-state index in [1.54, 1.807) is 0 Å². The van der Waals surface area contributed by atoms with E-state index in [0.29, 0.717) is 23.5 Å². The predicted octanol–water partition coefficient (Wildman–Crippen LogP) is 9.14. The van der Waals surface area contributed by atoms with Crippen LogP contribution in [0.25, 0.3) is 5.57 Å². The van der Waals surface area contributed by atoms with E-state index in [4.69, 9.17) is 0 Å². The van der Waals surface area contributed by atoms with Crippen LogP contribution in [0.3, 0.4) is 0 Å². The maximum absolute atomic E-state index is 16.0. The van der Waals surface area contributed by atoms with Crippen LogP contribution < -0.4 is 0 Å². The minimum absolute atomic E-state index is 0.220. The van der Waals surface area contributed by atoms with E-state index in [0.717, 1.165) is 37.2 Å². The number of nitrogens with zero attached hydrogens (tertiary/aromatic N) is 1. The normalized spacial score (nSPS) is 20.7. The third-order valence-electron chi connectivity index (χ3n) is 7.14. The maximum atomic E-state index is 16.0. The van der Waals surface area contributed by atoms with Crippen molar-refractivity contribution in [1.82, 2.24) is 4.90 Å². The highest BCUT2D eigenvalue weighted by Gasteiger charge is 2.23. The summed E-state index contributed by atoms with van der Waals surface area (Å²) in [7, 11) is 0. The van der Waals surface area contributed by atoms with Crippen LogP contribution in [-0.4, -0.2) is 18.0 Å². The summed E-state index contributed by atoms with van der Waals surface area (Å²) in [5.74, 6) is 0.397. The summed E-state index contributed by atoms with van der Waals surface area (Å²) in [5.41, 5.74) is 6.51. The van der Waals surface area contributed by atoms with Gasteiger partial charge in [0.05, 0.1) is 0 Å². The predicted molar refractivity (Wildman–Crippen MR) is 150 cm³/mol. The van der Waals surface area contributed by atoms with Crippen LogP contribution in [0.4, 0.5) is 4.39 Å². The minimum atomic E-state index is -0.231. The fourth-order valence-electron chi connectivity index (χ4n) is 4.60. The third-order valence-corrected chi connectivity index (χ3v) is 7.14. The van der Waals surface area contributed by atoms with Gasteiger partial charge >= 0.3 is 0 Å². The number of benzene rings is 1. The largest absolute Gasteiger partial charge is 0.371 e. The first-order chi connectivity index (χ1) is 16.8. The van der Waals surface area contributed by atoms with Crippen molar-refractivity contribution in [1.29, 1.82) is 0 Å². The molecule has 0 aromatic heterocycles. The molecule has 1 aromatic rings. The summed E-state index contributed by atoms with van der Waals surface area (Å²) in [5, 5.41) is 0. The molecule has 0 fully saturated rings. The van der Waals surface area contributed by atoms with Gasteiger partial charge in [0, 0.05) is 29.9 Å². The molecule has 2 aliphatic carbocycles. The average Bonchev–Trinajstić information content (AvgIpc) is 2.90. The van der Waals surface area contributed by atoms with Gasteiger partial charge < -0.3 is 4.90 Å². The first kappa shape index (κ1) is 26.5. The SMILES string of the molecule is C=C(/C(C)=C\C)/C(F)=C(\CC1C=CC(c2ccccc2)=CC1)C(=C)N(CC)CC1C=CC(C)=CC1. The number of allylic oxidation sites excluding steroid dienone is 12. The summed E-state index contributed by atoms with van der Waals surface area (Å²) in [4.78, 5) is 2.23. The Hall–Kier alpha value is -3.13. The Kier molecular flexibility index (Phi) is 9.48. The molecular formula is C33H40FN. The van der Waals surface area contributed by atoms with Crippen molar-refractivity contribution in [2.45, 2.75) is 47.0 Å². The molecule has 0 N–H and O–H groups in total. The second kappa shape index (κ2) is 12.5. The van der Waals surface area contributed by atoms with E-state index < -0.39 is 0 Å². The highest BCUT2D eigenvalue weighted by atomic mass is 19.1. The molecule has 184 valence electrons. The van der Waals surface area contributed by atoms with Crippen LogP contribution in [0.15, 0.2) is 120 Å². The second-order valence-corrected chi connectivity index (χ2v) is 9.62. The quantitative estimate of drug-likeness (QED) is 0.309. The first-order valence-electron chi connectivity index (χ1n) is 12.8. The fraction of sp³-hybridized carbons (Fsp3) is 0.333. The van der Waals surface area contributed by atoms with Gasteiger partial charge in [0.2, 0.25) is 0 Å². The van der Waals surface area contributed by atoms with E-state index in [2.05, 4.69) is 92.6 Å². The van der Waals surface area contributed by atoms with Crippen LogP contribution in [0.5, 0.6) is 0 Å². The molecule has 1 aromatic carbocycles. The highest BCUT2D eigenvalue weighted by Crippen LogP contribution is 2.35. The standard InChI is InChI=1S/C33H40FN/c1-7-25(4)26(5)33(34)32(27(6)35(8-2)23-29-16-14-24(3)15-17-29)22-28-18-20-31(21-19-28)30-12-10-9-11-13-30/h7,9-16,18,20-21,28-29H,5-6,8,17,19,22-23H2,1-4H3/b25-7-,33-32-. The molecule has 2 unspecified atom stereocenters. The number of rotatable bonds is 10. The van der Waals surface area contributed by atoms with Crippen LogP contribution in [-0.2, 0) is 0 Å². The van der Waals surface area contributed by atoms with Crippen molar-refractivity contribution in [3.8, 4) is 0 Å². The van der Waals surface area contributed by atoms with E-state index in [9.17, 15) is 0 Å². The van der Waals surface area contributed by atoms with Gasteiger partial charge in [-0.15, -0.1) is 0 Å². The van der Waals surface area contributed by atoms with Gasteiger partial charge in [0.25, 0.3) is 0 Å². The minimum Gasteiger partial charge on any atom is -0.371 e. The summed E-state index contributed by atoms with van der Waals surface area (Å²) >= 11 is 0. The Bertz CT molecular complexity index is 1110. The zero-order valence-corrected chi connectivity index (χ0v) is 21.9. The third kappa shape index (κ3) is 6.94. The first-order valence-corrected chi connectivity index (χ1v) is 12.8. The molecule has 0 radical (unpaired) electrons. The number of hydrogen-bond donors (Lipinski definition) is 0. The van der Waals surface area contributed by atoms with E-state index in [1.807, 2.05) is 26.0 Å². The molecule has 0 aliphatic heterocycles.